The topological polar surface area (TPSA) is 40.0 Å². The van der Waals surface area contributed by atoms with Gasteiger partial charge in [-0.3, -0.25) is 0 Å². The van der Waals surface area contributed by atoms with Crippen molar-refractivity contribution in [3.05, 3.63) is 29.8 Å². The van der Waals surface area contributed by atoms with Crippen LogP contribution in [-0.4, -0.2) is 21.5 Å². The minimum atomic E-state index is -3.22. The third-order valence-electron chi connectivity index (χ3n) is 3.60. The third-order valence-corrected chi connectivity index (χ3v) is 5.45. The Morgan fingerprint density at radius 3 is 2.25 bits per heavy atom. The number of sulfonamides is 1. The molecule has 1 heterocycles. The number of nitrogens with zero attached hydrogens (tertiary/aromatic N) is 1. The average Bonchev–Trinajstić information content (AvgIpc) is 2.86. The summed E-state index contributed by atoms with van der Waals surface area (Å²) in [4.78, 5) is 0.430. The Hall–Kier alpha value is -0.870. The Bertz CT molecular complexity index is 496. The van der Waals surface area contributed by atoms with Gasteiger partial charge in [0.05, 0.1) is 0 Å². The first kappa shape index (κ1) is 10.3. The minimum Gasteiger partial charge on any atom is -0.163 e. The molecule has 3 nitrogen and oxygen atoms in total. The molecule has 0 aromatic heterocycles. The van der Waals surface area contributed by atoms with Crippen LogP contribution in [0, 0.1) is 18.8 Å². The molecule has 1 saturated carbocycles. The number of hydrogen-bond acceptors (Lipinski definition) is 2. The molecule has 0 bridgehead atoms. The van der Waals surface area contributed by atoms with Gasteiger partial charge in [0.2, 0.25) is 0 Å². The molecule has 2 aliphatic rings. The largest absolute Gasteiger partial charge is 0.371 e. The van der Waals surface area contributed by atoms with Crippen LogP contribution in [0.3, 0.4) is 0 Å². The fraction of sp³-hybridized carbons (Fsp3) is 0.500. The van der Waals surface area contributed by atoms with Gasteiger partial charge in [0.25, 0.3) is 0 Å². The highest BCUT2D eigenvalue weighted by molar-refractivity contribution is 7.90. The monoisotopic (exact) mass is 237 g/mol. The number of piperidine rings is 1. The lowest BCUT2D eigenvalue weighted by Crippen LogP contribution is -2.36. The van der Waals surface area contributed by atoms with Crippen molar-refractivity contribution in [3.8, 4) is 0 Å². The normalized spacial score (nSPS) is 29.1. The van der Waals surface area contributed by atoms with E-state index < -0.39 is 10.0 Å². The van der Waals surface area contributed by atoms with Crippen LogP contribution < -0.4 is 4.31 Å². The predicted octanol–water partition coefficient (Wildman–Crippen LogP) is 1.47. The Labute approximate surface area is 96.1 Å². The van der Waals surface area contributed by atoms with Crippen molar-refractivity contribution in [1.82, 2.24) is 4.31 Å². The summed E-state index contributed by atoms with van der Waals surface area (Å²) in [7, 11) is -3.22. The van der Waals surface area contributed by atoms with Gasteiger partial charge in [-0.1, -0.05) is 22.0 Å². The molecule has 1 saturated heterocycles. The van der Waals surface area contributed by atoms with E-state index >= 15 is 0 Å². The van der Waals surface area contributed by atoms with Gasteiger partial charge in [0.15, 0.2) is 0 Å². The molecule has 0 unspecified atom stereocenters. The summed E-state index contributed by atoms with van der Waals surface area (Å²) in [5, 5.41) is 0. The molecule has 1 radical (unpaired) electrons. The Balaban J connectivity index is 1.89. The van der Waals surface area contributed by atoms with Gasteiger partial charge in [0, 0.05) is 11.8 Å². The van der Waals surface area contributed by atoms with Crippen molar-refractivity contribution in [2.45, 2.75) is 18.2 Å². The summed E-state index contributed by atoms with van der Waals surface area (Å²) in [6, 6.07) is 7.11. The van der Waals surface area contributed by atoms with Crippen LogP contribution in [0.15, 0.2) is 29.2 Å². The molecule has 2 fully saturated rings. The fourth-order valence-electron chi connectivity index (χ4n) is 2.41. The molecule has 2 atom stereocenters. The maximum absolute atomic E-state index is 12.2. The molecule has 1 aliphatic heterocycles. The van der Waals surface area contributed by atoms with Crippen molar-refractivity contribution >= 4 is 10.0 Å². The van der Waals surface area contributed by atoms with Crippen LogP contribution in [0.5, 0.6) is 0 Å². The lowest BCUT2D eigenvalue weighted by molar-refractivity contribution is 0.525. The van der Waals surface area contributed by atoms with E-state index in [0.29, 0.717) is 16.7 Å². The van der Waals surface area contributed by atoms with Crippen molar-refractivity contribution in [1.29, 1.82) is 0 Å². The molecule has 3 rings (SSSR count). The Morgan fingerprint density at radius 1 is 1.12 bits per heavy atom. The maximum atomic E-state index is 12.2. The van der Waals surface area contributed by atoms with E-state index in [4.69, 9.17) is 0 Å². The fourth-order valence-corrected chi connectivity index (χ4v) is 3.96. The van der Waals surface area contributed by atoms with Crippen LogP contribution in [0.1, 0.15) is 12.0 Å². The van der Waals surface area contributed by atoms with Crippen molar-refractivity contribution in [3.63, 3.8) is 0 Å². The molecule has 1 aromatic rings. The Kier molecular flexibility index (Phi) is 2.13. The van der Waals surface area contributed by atoms with Gasteiger partial charge in [-0.15, -0.1) is 0 Å². The van der Waals surface area contributed by atoms with Crippen molar-refractivity contribution < 1.29 is 8.42 Å². The zero-order valence-corrected chi connectivity index (χ0v) is 10.1. The standard InChI is InChI=1S/C12H15NO2S/c1-9-2-4-12(5-3-9)16(14,15)13-7-10-6-11(10)8-13/h2-5,10-11H,6-8H2,1H3/q+1/t10-,11+. The van der Waals surface area contributed by atoms with Crippen LogP contribution in [0.25, 0.3) is 0 Å². The second-order valence-electron chi connectivity index (χ2n) is 4.89. The highest BCUT2D eigenvalue weighted by Gasteiger charge is 2.56. The van der Waals surface area contributed by atoms with Crippen LogP contribution >= 0.6 is 0 Å². The molecule has 0 spiro atoms. The molecular weight excluding hydrogens is 222 g/mol. The first-order valence-corrected chi connectivity index (χ1v) is 7.08. The molecule has 1 aliphatic carbocycles. The molecular formula is C12H15NO2S+. The number of benzene rings is 1. The van der Waals surface area contributed by atoms with Crippen molar-refractivity contribution in [2.24, 2.45) is 11.8 Å². The van der Waals surface area contributed by atoms with E-state index in [0.717, 1.165) is 18.7 Å². The number of fused-ring (bicyclic) bond motifs is 1. The number of hydrogen-bond donors (Lipinski definition) is 0. The number of aryl methyl sites for hydroxylation is 1. The highest BCUT2D eigenvalue weighted by atomic mass is 32.2. The van der Waals surface area contributed by atoms with Gasteiger partial charge in [-0.25, -0.2) is 0 Å². The molecule has 4 heteroatoms. The van der Waals surface area contributed by atoms with E-state index in [2.05, 4.69) is 0 Å². The van der Waals surface area contributed by atoms with Crippen LogP contribution in [0.4, 0.5) is 0 Å². The lowest BCUT2D eigenvalue weighted by Gasteiger charge is -2.07. The smallest absolute Gasteiger partial charge is 0.163 e. The van der Waals surface area contributed by atoms with Crippen molar-refractivity contribution in [2.75, 3.05) is 13.1 Å². The molecule has 1 aromatic carbocycles. The lowest BCUT2D eigenvalue weighted by atomic mass is 10.2. The summed E-state index contributed by atoms with van der Waals surface area (Å²) < 4.78 is 26.1. The van der Waals surface area contributed by atoms with Gasteiger partial charge in [-0.2, -0.15) is 8.42 Å². The first-order chi connectivity index (χ1) is 7.57. The summed E-state index contributed by atoms with van der Waals surface area (Å²) in [6.45, 7) is 3.41. The van der Waals surface area contributed by atoms with Crippen LogP contribution in [-0.2, 0) is 10.0 Å². The van der Waals surface area contributed by atoms with Gasteiger partial charge in [0.1, 0.15) is 18.0 Å². The first-order valence-electron chi connectivity index (χ1n) is 5.64. The number of rotatable bonds is 2. The maximum Gasteiger partial charge on any atom is 0.371 e. The van der Waals surface area contributed by atoms with Crippen LogP contribution in [0.2, 0.25) is 0 Å². The average molecular weight is 237 g/mol. The second-order valence-corrected chi connectivity index (χ2v) is 6.83. The highest BCUT2D eigenvalue weighted by Crippen LogP contribution is 2.45. The molecule has 85 valence electrons. The van der Waals surface area contributed by atoms with E-state index in [1.54, 1.807) is 16.4 Å². The molecule has 16 heavy (non-hydrogen) atoms. The van der Waals surface area contributed by atoms with Gasteiger partial charge < -0.3 is 0 Å². The summed E-state index contributed by atoms with van der Waals surface area (Å²) in [6.07, 6.45) is 1.22. The second kappa shape index (κ2) is 3.31. The van der Waals surface area contributed by atoms with Gasteiger partial charge in [-0.05, 0) is 25.5 Å². The van der Waals surface area contributed by atoms with E-state index in [-0.39, 0.29) is 0 Å². The van der Waals surface area contributed by atoms with Gasteiger partial charge >= 0.3 is 10.0 Å². The summed E-state index contributed by atoms with van der Waals surface area (Å²) >= 11 is 0. The zero-order chi connectivity index (χ0) is 11.3. The quantitative estimate of drug-likeness (QED) is 0.731. The zero-order valence-electron chi connectivity index (χ0n) is 9.26. The van der Waals surface area contributed by atoms with E-state index in [1.807, 2.05) is 19.1 Å². The van der Waals surface area contributed by atoms with E-state index in [1.165, 1.54) is 6.42 Å². The third kappa shape index (κ3) is 1.57. The molecule has 0 N–H and O–H groups in total. The molecule has 0 amide bonds. The summed E-state index contributed by atoms with van der Waals surface area (Å²) in [5.74, 6) is 1.28. The SMILES string of the molecule is Cc1ccc(S(=O)(=O)[N+]2C[C@H]3C[C@H]3C2)cc1. The van der Waals surface area contributed by atoms with E-state index in [9.17, 15) is 8.42 Å². The Morgan fingerprint density at radius 2 is 1.69 bits per heavy atom. The predicted molar refractivity (Wildman–Crippen MR) is 61.8 cm³/mol. The minimum absolute atomic E-state index is 0.430. The summed E-state index contributed by atoms with van der Waals surface area (Å²) in [5.41, 5.74) is 1.09.